The molecule has 0 unspecified atom stereocenters. The Kier molecular flexibility index (Phi) is 4.81. The maximum absolute atomic E-state index is 12.2. The zero-order chi connectivity index (χ0) is 16.3. The van der Waals surface area contributed by atoms with Gasteiger partial charge < -0.3 is 21.1 Å². The number of nitrogens with zero attached hydrogens (tertiary/aromatic N) is 2. The molecule has 0 spiro atoms. The highest BCUT2D eigenvalue weighted by Gasteiger charge is 2.27. The van der Waals surface area contributed by atoms with Gasteiger partial charge in [0.05, 0.1) is 17.4 Å². The average Bonchev–Trinajstić information content (AvgIpc) is 2.48. The Morgan fingerprint density at radius 1 is 1.36 bits per heavy atom. The van der Waals surface area contributed by atoms with E-state index in [0.717, 1.165) is 0 Å². The summed E-state index contributed by atoms with van der Waals surface area (Å²) >= 11 is 5.70. The summed E-state index contributed by atoms with van der Waals surface area (Å²) in [4.78, 5) is 39.5. The first kappa shape index (κ1) is 16.0. The number of carbonyl (C=O) groups is 3. The van der Waals surface area contributed by atoms with Gasteiger partial charge in [0.2, 0.25) is 5.91 Å². The number of primary amides is 1. The number of anilines is 1. The van der Waals surface area contributed by atoms with Crippen LogP contribution in [0.3, 0.4) is 0 Å². The number of carboxylic acid groups (broad SMARTS) is 1. The molecule has 3 amide bonds. The lowest BCUT2D eigenvalue weighted by molar-refractivity contribution is -0.121. The van der Waals surface area contributed by atoms with Crippen LogP contribution in [0.4, 0.5) is 10.5 Å². The maximum Gasteiger partial charge on any atom is 0.407 e. The normalized spacial score (nSPS) is 15.4. The number of likely N-dealkylation sites (tertiary alicyclic amines) is 1. The van der Waals surface area contributed by atoms with Crippen LogP contribution in [0.1, 0.15) is 23.2 Å². The molecule has 118 valence electrons. The van der Waals surface area contributed by atoms with Crippen molar-refractivity contribution in [1.82, 2.24) is 9.88 Å². The SMILES string of the molecule is NC(=O)c1cc(Cl)ncc1NC(=O)C1CCN(C(=O)O)CC1. The van der Waals surface area contributed by atoms with Crippen LogP contribution < -0.4 is 11.1 Å². The lowest BCUT2D eigenvalue weighted by Gasteiger charge is -2.29. The number of hydrogen-bond acceptors (Lipinski definition) is 4. The van der Waals surface area contributed by atoms with Crippen molar-refractivity contribution in [2.45, 2.75) is 12.8 Å². The van der Waals surface area contributed by atoms with E-state index in [1.54, 1.807) is 0 Å². The van der Waals surface area contributed by atoms with E-state index in [9.17, 15) is 14.4 Å². The number of nitrogens with two attached hydrogens (primary N) is 1. The average molecular weight is 327 g/mol. The van der Waals surface area contributed by atoms with Crippen LogP contribution in [0.15, 0.2) is 12.3 Å². The minimum absolute atomic E-state index is 0.0799. The molecule has 0 radical (unpaired) electrons. The summed E-state index contributed by atoms with van der Waals surface area (Å²) in [7, 11) is 0. The second-order valence-corrected chi connectivity index (χ2v) is 5.34. The van der Waals surface area contributed by atoms with E-state index in [-0.39, 0.29) is 28.2 Å². The number of piperidine rings is 1. The fourth-order valence-corrected chi connectivity index (χ4v) is 2.46. The number of halogens is 1. The molecule has 0 atom stereocenters. The molecule has 0 aromatic carbocycles. The zero-order valence-electron chi connectivity index (χ0n) is 11.6. The number of hydrogen-bond donors (Lipinski definition) is 3. The quantitative estimate of drug-likeness (QED) is 0.719. The Labute approximate surface area is 131 Å². The number of pyridine rings is 1. The summed E-state index contributed by atoms with van der Waals surface area (Å²) in [5.74, 6) is -1.34. The van der Waals surface area contributed by atoms with Gasteiger partial charge in [-0.1, -0.05) is 11.6 Å². The molecule has 1 aromatic rings. The molecule has 1 saturated heterocycles. The molecule has 0 aliphatic carbocycles. The van der Waals surface area contributed by atoms with E-state index in [1.165, 1.54) is 17.2 Å². The smallest absolute Gasteiger partial charge is 0.407 e. The van der Waals surface area contributed by atoms with Gasteiger partial charge in [-0.15, -0.1) is 0 Å². The Balaban J connectivity index is 2.04. The topological polar surface area (TPSA) is 126 Å². The van der Waals surface area contributed by atoms with E-state index in [4.69, 9.17) is 22.4 Å². The van der Waals surface area contributed by atoms with E-state index in [2.05, 4.69) is 10.3 Å². The van der Waals surface area contributed by atoms with Crippen molar-refractivity contribution >= 4 is 35.2 Å². The molecule has 2 rings (SSSR count). The van der Waals surface area contributed by atoms with Gasteiger partial charge in [-0.05, 0) is 18.9 Å². The third kappa shape index (κ3) is 3.64. The highest BCUT2D eigenvalue weighted by Crippen LogP contribution is 2.22. The molecular weight excluding hydrogens is 312 g/mol. The molecule has 1 aliphatic rings. The number of aromatic nitrogens is 1. The van der Waals surface area contributed by atoms with Crippen molar-refractivity contribution in [2.24, 2.45) is 11.7 Å². The predicted octanol–water partition coefficient (Wildman–Crippen LogP) is 1.16. The largest absolute Gasteiger partial charge is 0.465 e. The van der Waals surface area contributed by atoms with Gasteiger partial charge in [-0.3, -0.25) is 9.59 Å². The molecule has 1 aliphatic heterocycles. The fraction of sp³-hybridized carbons (Fsp3) is 0.385. The van der Waals surface area contributed by atoms with E-state index < -0.39 is 12.0 Å². The van der Waals surface area contributed by atoms with Crippen LogP contribution in [0.25, 0.3) is 0 Å². The second-order valence-electron chi connectivity index (χ2n) is 4.95. The Bertz CT molecular complexity index is 614. The molecule has 0 bridgehead atoms. The third-order valence-electron chi connectivity index (χ3n) is 3.53. The van der Waals surface area contributed by atoms with Crippen LogP contribution in [0.2, 0.25) is 5.15 Å². The predicted molar refractivity (Wildman–Crippen MR) is 78.7 cm³/mol. The van der Waals surface area contributed by atoms with Crippen molar-refractivity contribution in [3.63, 3.8) is 0 Å². The van der Waals surface area contributed by atoms with E-state index >= 15 is 0 Å². The van der Waals surface area contributed by atoms with Crippen molar-refractivity contribution in [3.8, 4) is 0 Å². The van der Waals surface area contributed by atoms with Crippen LogP contribution in [-0.2, 0) is 4.79 Å². The molecule has 0 saturated carbocycles. The summed E-state index contributed by atoms with van der Waals surface area (Å²) in [5, 5.41) is 11.6. The van der Waals surface area contributed by atoms with Crippen molar-refractivity contribution < 1.29 is 19.5 Å². The molecule has 22 heavy (non-hydrogen) atoms. The summed E-state index contributed by atoms with van der Waals surface area (Å²) in [6, 6.07) is 1.28. The summed E-state index contributed by atoms with van der Waals surface area (Å²) in [6.45, 7) is 0.601. The maximum atomic E-state index is 12.2. The Hall–Kier alpha value is -2.35. The molecule has 1 fully saturated rings. The van der Waals surface area contributed by atoms with Crippen LogP contribution in [0, 0.1) is 5.92 Å². The highest BCUT2D eigenvalue weighted by atomic mass is 35.5. The highest BCUT2D eigenvalue weighted by molar-refractivity contribution is 6.30. The van der Waals surface area contributed by atoms with Crippen LogP contribution in [0.5, 0.6) is 0 Å². The molecule has 8 nitrogen and oxygen atoms in total. The second kappa shape index (κ2) is 6.61. The molecule has 9 heteroatoms. The summed E-state index contributed by atoms with van der Waals surface area (Å²) in [6.07, 6.45) is 1.12. The standard InChI is InChI=1S/C13H15ClN4O4/c14-10-5-8(11(15)19)9(6-16-10)17-12(20)7-1-3-18(4-2-7)13(21)22/h5-7H,1-4H2,(H2,15,19)(H,17,20)(H,21,22). The van der Waals surface area contributed by atoms with Gasteiger partial charge in [0.1, 0.15) is 5.15 Å². The number of amides is 3. The van der Waals surface area contributed by atoms with Gasteiger partial charge in [0, 0.05) is 19.0 Å². The van der Waals surface area contributed by atoms with Gasteiger partial charge in [-0.2, -0.15) is 0 Å². The lowest BCUT2D eigenvalue weighted by Crippen LogP contribution is -2.40. The first-order valence-electron chi connectivity index (χ1n) is 6.62. The van der Waals surface area contributed by atoms with Crippen molar-refractivity contribution in [1.29, 1.82) is 0 Å². The Morgan fingerprint density at radius 2 is 2.00 bits per heavy atom. The molecular formula is C13H15ClN4O4. The summed E-state index contributed by atoms with van der Waals surface area (Å²) in [5.41, 5.74) is 5.52. The van der Waals surface area contributed by atoms with Gasteiger partial charge >= 0.3 is 6.09 Å². The van der Waals surface area contributed by atoms with Gasteiger partial charge in [-0.25, -0.2) is 9.78 Å². The summed E-state index contributed by atoms with van der Waals surface area (Å²) < 4.78 is 0. The molecule has 2 heterocycles. The monoisotopic (exact) mass is 326 g/mol. The zero-order valence-corrected chi connectivity index (χ0v) is 12.3. The van der Waals surface area contributed by atoms with Gasteiger partial charge in [0.25, 0.3) is 5.91 Å². The number of nitrogens with one attached hydrogen (secondary N) is 1. The fourth-order valence-electron chi connectivity index (χ4n) is 2.30. The first-order valence-corrected chi connectivity index (χ1v) is 7.00. The lowest BCUT2D eigenvalue weighted by atomic mass is 9.96. The van der Waals surface area contributed by atoms with Crippen molar-refractivity contribution in [3.05, 3.63) is 23.0 Å². The minimum Gasteiger partial charge on any atom is -0.465 e. The first-order chi connectivity index (χ1) is 10.4. The van der Waals surface area contributed by atoms with Crippen LogP contribution in [-0.4, -0.2) is 46.0 Å². The molecule has 1 aromatic heterocycles. The third-order valence-corrected chi connectivity index (χ3v) is 3.74. The number of carbonyl (C=O) groups excluding carboxylic acids is 2. The van der Waals surface area contributed by atoms with Crippen molar-refractivity contribution in [2.75, 3.05) is 18.4 Å². The number of rotatable bonds is 3. The van der Waals surface area contributed by atoms with Crippen LogP contribution >= 0.6 is 11.6 Å². The Morgan fingerprint density at radius 3 is 2.55 bits per heavy atom. The van der Waals surface area contributed by atoms with E-state index in [0.29, 0.717) is 25.9 Å². The van der Waals surface area contributed by atoms with E-state index in [1.807, 2.05) is 0 Å². The van der Waals surface area contributed by atoms with Gasteiger partial charge in [0.15, 0.2) is 0 Å². The minimum atomic E-state index is -0.989. The molecule has 4 N–H and O–H groups in total.